The van der Waals surface area contributed by atoms with Gasteiger partial charge in [0, 0.05) is 45.5 Å². The monoisotopic (exact) mass is 552 g/mol. The number of benzene rings is 1. The number of aryl methyl sites for hydroxylation is 1. The highest BCUT2D eigenvalue weighted by atomic mass is 127. The Morgan fingerprint density at radius 2 is 1.81 bits per heavy atom. The molecule has 1 aromatic carbocycles. The number of ether oxygens (including phenoxy) is 1. The van der Waals surface area contributed by atoms with Crippen molar-refractivity contribution in [2.24, 2.45) is 12.0 Å². The second-order valence-electron chi connectivity index (χ2n) is 8.66. The molecule has 4 rings (SSSR count). The van der Waals surface area contributed by atoms with Crippen LogP contribution < -0.4 is 5.32 Å². The quantitative estimate of drug-likeness (QED) is 0.350. The first-order valence-corrected chi connectivity index (χ1v) is 11.6. The predicted octanol–water partition coefficient (Wildman–Crippen LogP) is 3.56. The molecule has 1 N–H and O–H groups in total. The lowest BCUT2D eigenvalue weighted by molar-refractivity contribution is -0.00805. The number of hydrogen-bond donors (Lipinski definition) is 1. The molecule has 2 fully saturated rings. The van der Waals surface area contributed by atoms with E-state index < -0.39 is 0 Å². The van der Waals surface area contributed by atoms with Gasteiger partial charge in [-0.1, -0.05) is 37.1 Å². The summed E-state index contributed by atoms with van der Waals surface area (Å²) in [6.45, 7) is 6.61. The maximum atomic E-state index is 5.97. The van der Waals surface area contributed by atoms with E-state index in [2.05, 4.69) is 49.5 Å². The molecule has 2 aliphatic heterocycles. The van der Waals surface area contributed by atoms with Crippen LogP contribution >= 0.6 is 24.0 Å². The van der Waals surface area contributed by atoms with Gasteiger partial charge in [0.05, 0.1) is 19.3 Å². The van der Waals surface area contributed by atoms with E-state index in [1.165, 1.54) is 49.9 Å². The van der Waals surface area contributed by atoms with Gasteiger partial charge in [-0.25, -0.2) is 0 Å². The van der Waals surface area contributed by atoms with E-state index in [4.69, 9.17) is 4.74 Å². The molecule has 1 unspecified atom stereocenters. The summed E-state index contributed by atoms with van der Waals surface area (Å²) in [4.78, 5) is 9.38. The second-order valence-corrected chi connectivity index (χ2v) is 8.66. The fourth-order valence-corrected chi connectivity index (χ4v) is 4.48. The van der Waals surface area contributed by atoms with Crippen LogP contribution in [0.4, 0.5) is 0 Å². The van der Waals surface area contributed by atoms with Crippen molar-refractivity contribution in [3.63, 3.8) is 0 Å². The first kappa shape index (κ1) is 25.0. The summed E-state index contributed by atoms with van der Waals surface area (Å²) in [5.41, 5.74) is 3.79. The second kappa shape index (κ2) is 12.6. The third-order valence-corrected chi connectivity index (χ3v) is 6.25. The highest BCUT2D eigenvalue weighted by Crippen LogP contribution is 2.21. The largest absolute Gasteiger partial charge is 0.370 e. The molecule has 0 saturated carbocycles. The molecule has 8 heteroatoms. The van der Waals surface area contributed by atoms with Gasteiger partial charge in [0.1, 0.15) is 6.10 Å². The van der Waals surface area contributed by atoms with Gasteiger partial charge < -0.3 is 15.0 Å². The van der Waals surface area contributed by atoms with Crippen molar-refractivity contribution in [2.45, 2.75) is 44.9 Å². The number of rotatable bonds is 5. The molecule has 1 atom stereocenters. The minimum atomic E-state index is 0. The van der Waals surface area contributed by atoms with Crippen LogP contribution in [0.25, 0.3) is 0 Å². The average molecular weight is 553 g/mol. The summed E-state index contributed by atoms with van der Waals surface area (Å²) in [5.74, 6) is 0.922. The van der Waals surface area contributed by atoms with Gasteiger partial charge in [0.15, 0.2) is 5.96 Å². The summed E-state index contributed by atoms with van der Waals surface area (Å²) in [5, 5.41) is 7.81. The lowest BCUT2D eigenvalue weighted by Gasteiger charge is -2.34. The molecule has 2 saturated heterocycles. The van der Waals surface area contributed by atoms with Crippen molar-refractivity contribution in [3.05, 3.63) is 53.3 Å². The van der Waals surface area contributed by atoms with Gasteiger partial charge >= 0.3 is 0 Å². The van der Waals surface area contributed by atoms with Gasteiger partial charge in [-0.2, -0.15) is 5.10 Å². The molecular weight excluding hydrogens is 515 g/mol. The number of halogens is 1. The molecule has 0 amide bonds. The van der Waals surface area contributed by atoms with Gasteiger partial charge in [-0.3, -0.25) is 14.6 Å². The minimum absolute atomic E-state index is 0. The fraction of sp³-hybridized carbons (Fsp3) is 0.583. The summed E-state index contributed by atoms with van der Waals surface area (Å²) in [6.07, 6.45) is 9.38. The molecule has 32 heavy (non-hydrogen) atoms. The predicted molar refractivity (Wildman–Crippen MR) is 139 cm³/mol. The number of likely N-dealkylation sites (tertiary alicyclic amines) is 1. The van der Waals surface area contributed by atoms with Gasteiger partial charge in [-0.05, 0) is 37.1 Å². The van der Waals surface area contributed by atoms with Crippen LogP contribution in [0.15, 0.2) is 41.7 Å². The van der Waals surface area contributed by atoms with Crippen LogP contribution in [0.3, 0.4) is 0 Å². The highest BCUT2D eigenvalue weighted by Gasteiger charge is 2.25. The lowest BCUT2D eigenvalue weighted by Crippen LogP contribution is -2.47. The standard InChI is InChI=1S/C24H36N6O.HI/c1-25-24(30-13-14-31-23(19-30)22-16-27-28(2)18-22)26-15-20-7-9-21(10-8-20)17-29-11-5-3-4-6-12-29;/h7-10,16,18,23H,3-6,11-15,17,19H2,1-2H3,(H,25,26);1H. The number of nitrogens with one attached hydrogen (secondary N) is 1. The normalized spacial score (nSPS) is 20.5. The van der Waals surface area contributed by atoms with Crippen molar-refractivity contribution >= 4 is 29.9 Å². The molecule has 0 bridgehead atoms. The van der Waals surface area contributed by atoms with E-state index in [9.17, 15) is 0 Å². The van der Waals surface area contributed by atoms with Crippen molar-refractivity contribution in [1.82, 2.24) is 24.9 Å². The van der Waals surface area contributed by atoms with Gasteiger partial charge in [0.25, 0.3) is 0 Å². The van der Waals surface area contributed by atoms with E-state index in [-0.39, 0.29) is 30.1 Å². The van der Waals surface area contributed by atoms with Crippen LogP contribution in [0.1, 0.15) is 48.5 Å². The molecule has 0 aliphatic carbocycles. The first-order valence-electron chi connectivity index (χ1n) is 11.6. The van der Waals surface area contributed by atoms with Crippen molar-refractivity contribution in [1.29, 1.82) is 0 Å². The number of morpholine rings is 1. The summed E-state index contributed by atoms with van der Waals surface area (Å²) >= 11 is 0. The van der Waals surface area contributed by atoms with Gasteiger partial charge in [0.2, 0.25) is 0 Å². The van der Waals surface area contributed by atoms with Crippen LogP contribution in [-0.4, -0.2) is 65.4 Å². The number of aromatic nitrogens is 2. The maximum absolute atomic E-state index is 5.97. The Morgan fingerprint density at radius 3 is 2.47 bits per heavy atom. The van der Waals surface area contributed by atoms with E-state index >= 15 is 0 Å². The maximum Gasteiger partial charge on any atom is 0.194 e. The number of guanidine groups is 1. The van der Waals surface area contributed by atoms with Crippen molar-refractivity contribution in [2.75, 3.05) is 39.8 Å². The lowest BCUT2D eigenvalue weighted by atomic mass is 10.1. The number of nitrogens with zero attached hydrogens (tertiary/aromatic N) is 5. The summed E-state index contributed by atoms with van der Waals surface area (Å²) in [7, 11) is 3.78. The molecule has 2 aromatic rings. The zero-order chi connectivity index (χ0) is 21.5. The van der Waals surface area contributed by atoms with E-state index in [0.717, 1.165) is 37.7 Å². The van der Waals surface area contributed by atoms with E-state index in [1.807, 2.05) is 31.2 Å². The SMILES string of the molecule is CN=C(NCc1ccc(CN2CCCCCC2)cc1)N1CCOC(c2cnn(C)c2)C1.I. The van der Waals surface area contributed by atoms with Crippen LogP contribution in [0, 0.1) is 0 Å². The Balaban J connectivity index is 0.00000289. The summed E-state index contributed by atoms with van der Waals surface area (Å²) in [6, 6.07) is 9.03. The number of hydrogen-bond acceptors (Lipinski definition) is 4. The zero-order valence-corrected chi connectivity index (χ0v) is 21.7. The molecular formula is C24H37IN6O. The molecule has 1 aromatic heterocycles. The van der Waals surface area contributed by atoms with Crippen LogP contribution in [-0.2, 0) is 24.9 Å². The van der Waals surface area contributed by atoms with E-state index in [1.54, 1.807) is 0 Å². The number of aliphatic imine (C=N–C) groups is 1. The van der Waals surface area contributed by atoms with Crippen molar-refractivity contribution in [3.8, 4) is 0 Å². The van der Waals surface area contributed by atoms with Crippen LogP contribution in [0.2, 0.25) is 0 Å². The smallest absolute Gasteiger partial charge is 0.194 e. The third-order valence-electron chi connectivity index (χ3n) is 6.25. The average Bonchev–Trinajstić information content (AvgIpc) is 3.07. The Bertz CT molecular complexity index is 844. The zero-order valence-electron chi connectivity index (χ0n) is 19.4. The Morgan fingerprint density at radius 1 is 1.09 bits per heavy atom. The molecule has 176 valence electrons. The molecule has 3 heterocycles. The highest BCUT2D eigenvalue weighted by molar-refractivity contribution is 14.0. The molecule has 0 spiro atoms. The topological polar surface area (TPSA) is 57.9 Å². The van der Waals surface area contributed by atoms with Gasteiger partial charge in [-0.15, -0.1) is 24.0 Å². The molecule has 0 radical (unpaired) electrons. The molecule has 2 aliphatic rings. The van der Waals surface area contributed by atoms with E-state index in [0.29, 0.717) is 6.61 Å². The summed E-state index contributed by atoms with van der Waals surface area (Å²) < 4.78 is 7.79. The fourth-order valence-electron chi connectivity index (χ4n) is 4.48. The Kier molecular flexibility index (Phi) is 9.80. The van der Waals surface area contributed by atoms with Crippen molar-refractivity contribution < 1.29 is 4.74 Å². The minimum Gasteiger partial charge on any atom is -0.370 e. The Labute approximate surface area is 209 Å². The third kappa shape index (κ3) is 6.92. The molecule has 7 nitrogen and oxygen atoms in total. The Hall–Kier alpha value is -1.65. The first-order chi connectivity index (χ1) is 15.2. The van der Waals surface area contributed by atoms with Crippen LogP contribution in [0.5, 0.6) is 0 Å².